The van der Waals surface area contributed by atoms with Crippen LogP contribution in [0, 0.1) is 13.8 Å². The number of carbonyl (C=O) groups is 1. The number of carboxylic acids is 1. The molecule has 1 aromatic rings. The highest BCUT2D eigenvalue weighted by Gasteiger charge is 2.19. The van der Waals surface area contributed by atoms with E-state index in [-0.39, 0.29) is 0 Å². The summed E-state index contributed by atoms with van der Waals surface area (Å²) in [7, 11) is 0. The molecule has 0 fully saturated rings. The van der Waals surface area contributed by atoms with Crippen molar-refractivity contribution >= 4 is 5.97 Å². The summed E-state index contributed by atoms with van der Waals surface area (Å²) in [6.45, 7) is 6.61. The molecule has 0 unspecified atom stereocenters. The Morgan fingerprint density at radius 2 is 2.11 bits per heavy atom. The second-order valence-electron chi connectivity index (χ2n) is 4.69. The lowest BCUT2D eigenvalue weighted by Crippen LogP contribution is -2.27. The van der Waals surface area contributed by atoms with Gasteiger partial charge >= 0.3 is 5.97 Å². The van der Waals surface area contributed by atoms with Crippen LogP contribution in [-0.4, -0.2) is 23.8 Å². The van der Waals surface area contributed by atoms with Crippen molar-refractivity contribution in [3.63, 3.8) is 0 Å². The predicted octanol–water partition coefficient (Wildman–Crippen LogP) is 3.12. The molecule has 3 heteroatoms. The number of aliphatic carboxylic acids is 1. The van der Waals surface area contributed by atoms with Gasteiger partial charge in [-0.05, 0) is 31.4 Å². The monoisotopic (exact) mass is 250 g/mol. The van der Waals surface area contributed by atoms with Crippen molar-refractivity contribution in [2.24, 2.45) is 0 Å². The zero-order valence-corrected chi connectivity index (χ0v) is 11.4. The highest BCUT2D eigenvalue weighted by atomic mass is 16.5. The van der Waals surface area contributed by atoms with E-state index in [4.69, 9.17) is 9.84 Å². The number of hydrogen-bond acceptors (Lipinski definition) is 2. The first-order valence-electron chi connectivity index (χ1n) is 6.45. The fraction of sp³-hybridized carbons (Fsp3) is 0.533. The molecule has 0 aromatic heterocycles. The molecule has 0 aliphatic rings. The van der Waals surface area contributed by atoms with Crippen molar-refractivity contribution in [3.05, 3.63) is 34.9 Å². The van der Waals surface area contributed by atoms with Gasteiger partial charge in [0.15, 0.2) is 6.10 Å². The van der Waals surface area contributed by atoms with Gasteiger partial charge in [0.1, 0.15) is 0 Å². The molecule has 100 valence electrons. The Labute approximate surface area is 109 Å². The maximum atomic E-state index is 11.2. The minimum Gasteiger partial charge on any atom is -0.479 e. The second-order valence-corrected chi connectivity index (χ2v) is 4.69. The number of benzene rings is 1. The molecule has 0 bridgehead atoms. The zero-order valence-electron chi connectivity index (χ0n) is 11.4. The molecule has 0 aliphatic heterocycles. The highest BCUT2D eigenvalue weighted by molar-refractivity contribution is 5.72. The number of hydrogen-bond donors (Lipinski definition) is 1. The summed E-state index contributed by atoms with van der Waals surface area (Å²) < 4.78 is 5.43. The molecule has 1 aromatic carbocycles. The van der Waals surface area contributed by atoms with E-state index in [0.717, 1.165) is 24.0 Å². The Balaban J connectivity index is 2.67. The van der Waals surface area contributed by atoms with Crippen LogP contribution in [0.3, 0.4) is 0 Å². The van der Waals surface area contributed by atoms with Crippen molar-refractivity contribution in [3.8, 4) is 0 Å². The van der Waals surface area contributed by atoms with Gasteiger partial charge in [0.25, 0.3) is 0 Å². The summed E-state index contributed by atoms with van der Waals surface area (Å²) >= 11 is 0. The zero-order chi connectivity index (χ0) is 13.5. The quantitative estimate of drug-likeness (QED) is 0.756. The van der Waals surface area contributed by atoms with Gasteiger partial charge in [-0.25, -0.2) is 4.79 Å². The molecule has 0 radical (unpaired) electrons. The first-order chi connectivity index (χ1) is 8.54. The van der Waals surface area contributed by atoms with Gasteiger partial charge in [-0.15, -0.1) is 0 Å². The standard InChI is InChI=1S/C15H22O3/c1-4-5-8-18-14(15(16)17)10-13-7-6-11(2)9-12(13)3/h6-7,9,14H,4-5,8,10H2,1-3H3,(H,16,17)/t14-/m1/s1. The van der Waals surface area contributed by atoms with Gasteiger partial charge in [0, 0.05) is 13.0 Å². The molecule has 0 heterocycles. The Bertz CT molecular complexity index is 399. The van der Waals surface area contributed by atoms with Crippen molar-refractivity contribution in [2.75, 3.05) is 6.61 Å². The summed E-state index contributed by atoms with van der Waals surface area (Å²) in [6, 6.07) is 6.07. The smallest absolute Gasteiger partial charge is 0.333 e. The summed E-state index contributed by atoms with van der Waals surface area (Å²) in [6.07, 6.45) is 1.61. The minimum atomic E-state index is -0.883. The van der Waals surface area contributed by atoms with Crippen LogP contribution < -0.4 is 0 Å². The number of rotatable bonds is 7. The number of unbranched alkanes of at least 4 members (excludes halogenated alkanes) is 1. The summed E-state index contributed by atoms with van der Waals surface area (Å²) in [4.78, 5) is 11.2. The normalized spacial score (nSPS) is 12.4. The van der Waals surface area contributed by atoms with E-state index in [0.29, 0.717) is 13.0 Å². The predicted molar refractivity (Wildman–Crippen MR) is 71.9 cm³/mol. The summed E-state index contributed by atoms with van der Waals surface area (Å²) in [5, 5.41) is 9.15. The molecule has 0 saturated heterocycles. The SMILES string of the molecule is CCCCO[C@H](Cc1ccc(C)cc1C)C(=O)O. The van der Waals surface area contributed by atoms with Crippen molar-refractivity contribution < 1.29 is 14.6 Å². The Morgan fingerprint density at radius 1 is 1.39 bits per heavy atom. The molecule has 1 rings (SSSR count). The van der Waals surface area contributed by atoms with E-state index in [1.807, 2.05) is 26.0 Å². The third-order valence-electron chi connectivity index (χ3n) is 3.00. The molecule has 1 N–H and O–H groups in total. The maximum Gasteiger partial charge on any atom is 0.333 e. The average Bonchev–Trinajstić information content (AvgIpc) is 2.30. The highest BCUT2D eigenvalue weighted by Crippen LogP contribution is 2.14. The van der Waals surface area contributed by atoms with Crippen molar-refractivity contribution in [2.45, 2.75) is 46.1 Å². The molecule has 0 amide bonds. The minimum absolute atomic E-state index is 0.436. The van der Waals surface area contributed by atoms with Crippen LogP contribution in [0.15, 0.2) is 18.2 Å². The second kappa shape index (κ2) is 7.17. The Kier molecular flexibility index (Phi) is 5.86. The maximum absolute atomic E-state index is 11.2. The number of aryl methyl sites for hydroxylation is 2. The van der Waals surface area contributed by atoms with Crippen molar-refractivity contribution in [1.82, 2.24) is 0 Å². The van der Waals surface area contributed by atoms with E-state index in [1.54, 1.807) is 0 Å². The van der Waals surface area contributed by atoms with Gasteiger partial charge in [-0.2, -0.15) is 0 Å². The first kappa shape index (κ1) is 14.7. The molecular weight excluding hydrogens is 228 g/mol. The van der Waals surface area contributed by atoms with Crippen LogP contribution >= 0.6 is 0 Å². The Morgan fingerprint density at radius 3 is 2.67 bits per heavy atom. The lowest BCUT2D eigenvalue weighted by molar-refractivity contribution is -0.150. The fourth-order valence-electron chi connectivity index (χ4n) is 1.86. The van der Waals surface area contributed by atoms with Crippen LogP contribution in [0.25, 0.3) is 0 Å². The molecule has 18 heavy (non-hydrogen) atoms. The van der Waals surface area contributed by atoms with Gasteiger partial charge < -0.3 is 9.84 Å². The van der Waals surface area contributed by atoms with Crippen LogP contribution in [0.2, 0.25) is 0 Å². The lowest BCUT2D eigenvalue weighted by Gasteiger charge is -2.15. The van der Waals surface area contributed by atoms with Crippen LogP contribution in [0.1, 0.15) is 36.5 Å². The topological polar surface area (TPSA) is 46.5 Å². The van der Waals surface area contributed by atoms with Gasteiger partial charge in [0.2, 0.25) is 0 Å². The van der Waals surface area contributed by atoms with Crippen LogP contribution in [-0.2, 0) is 16.0 Å². The summed E-state index contributed by atoms with van der Waals surface area (Å²) in [5.74, 6) is -0.883. The molecular formula is C15H22O3. The van der Waals surface area contributed by atoms with E-state index in [9.17, 15) is 4.79 Å². The van der Waals surface area contributed by atoms with Gasteiger partial charge in [0.05, 0.1) is 0 Å². The summed E-state index contributed by atoms with van der Waals surface area (Å²) in [5.41, 5.74) is 3.36. The van der Waals surface area contributed by atoms with E-state index < -0.39 is 12.1 Å². The van der Waals surface area contributed by atoms with Crippen LogP contribution in [0.4, 0.5) is 0 Å². The third-order valence-corrected chi connectivity index (χ3v) is 3.00. The van der Waals surface area contributed by atoms with E-state index >= 15 is 0 Å². The van der Waals surface area contributed by atoms with E-state index in [1.165, 1.54) is 5.56 Å². The number of carboxylic acid groups (broad SMARTS) is 1. The molecule has 3 nitrogen and oxygen atoms in total. The largest absolute Gasteiger partial charge is 0.479 e. The molecule has 0 aliphatic carbocycles. The lowest BCUT2D eigenvalue weighted by atomic mass is 10.0. The molecule has 0 spiro atoms. The van der Waals surface area contributed by atoms with Crippen LogP contribution in [0.5, 0.6) is 0 Å². The fourth-order valence-corrected chi connectivity index (χ4v) is 1.86. The van der Waals surface area contributed by atoms with Gasteiger partial charge in [-0.3, -0.25) is 0 Å². The van der Waals surface area contributed by atoms with Gasteiger partial charge in [-0.1, -0.05) is 37.1 Å². The average molecular weight is 250 g/mol. The Hall–Kier alpha value is -1.35. The van der Waals surface area contributed by atoms with Crippen molar-refractivity contribution in [1.29, 1.82) is 0 Å². The van der Waals surface area contributed by atoms with E-state index in [2.05, 4.69) is 13.0 Å². The molecule has 0 saturated carbocycles. The molecule has 1 atom stereocenters. The number of ether oxygens (including phenoxy) is 1. The third kappa shape index (κ3) is 4.49. The first-order valence-corrected chi connectivity index (χ1v) is 6.45.